The molecule has 1 aromatic rings. The third-order valence-electron chi connectivity index (χ3n) is 1.84. The highest BCUT2D eigenvalue weighted by atomic mass is 32.2. The van der Waals surface area contributed by atoms with Gasteiger partial charge in [-0.25, -0.2) is 0 Å². The van der Waals surface area contributed by atoms with Gasteiger partial charge in [-0.15, -0.1) is 21.5 Å². The molecule has 1 fully saturated rings. The summed E-state index contributed by atoms with van der Waals surface area (Å²) in [5.74, 6) is 0. The normalized spacial score (nSPS) is 20.9. The standard InChI is InChI=1S/C6H8N2S2/c1-9-6(2-3-6)5-8-7-4-10-5/h4H,2-3H2,1H3. The fourth-order valence-electron chi connectivity index (χ4n) is 0.990. The lowest BCUT2D eigenvalue weighted by Gasteiger charge is -2.04. The topological polar surface area (TPSA) is 25.8 Å². The number of hydrogen-bond acceptors (Lipinski definition) is 4. The van der Waals surface area contributed by atoms with Crippen molar-refractivity contribution in [3.63, 3.8) is 0 Å². The molecule has 0 aromatic carbocycles. The number of nitrogens with zero attached hydrogens (tertiary/aromatic N) is 2. The van der Waals surface area contributed by atoms with Crippen LogP contribution in [-0.4, -0.2) is 16.5 Å². The molecule has 0 amide bonds. The van der Waals surface area contributed by atoms with E-state index in [-0.39, 0.29) is 0 Å². The summed E-state index contributed by atoms with van der Waals surface area (Å²) in [4.78, 5) is 0. The van der Waals surface area contributed by atoms with Gasteiger partial charge in [-0.3, -0.25) is 0 Å². The second kappa shape index (κ2) is 2.20. The zero-order valence-electron chi connectivity index (χ0n) is 5.70. The molecule has 0 saturated heterocycles. The van der Waals surface area contributed by atoms with Crippen LogP contribution in [-0.2, 0) is 4.75 Å². The first-order valence-corrected chi connectivity index (χ1v) is 5.30. The summed E-state index contributed by atoms with van der Waals surface area (Å²) in [7, 11) is 0. The molecule has 2 rings (SSSR count). The van der Waals surface area contributed by atoms with E-state index in [1.165, 1.54) is 17.8 Å². The van der Waals surface area contributed by atoms with E-state index in [0.29, 0.717) is 4.75 Å². The van der Waals surface area contributed by atoms with Gasteiger partial charge in [-0.1, -0.05) is 0 Å². The van der Waals surface area contributed by atoms with Crippen molar-refractivity contribution >= 4 is 23.1 Å². The van der Waals surface area contributed by atoms with E-state index in [1.54, 1.807) is 11.3 Å². The third-order valence-corrected chi connectivity index (χ3v) is 4.25. The lowest BCUT2D eigenvalue weighted by atomic mass is 10.4. The first-order chi connectivity index (χ1) is 4.87. The molecular formula is C6H8N2S2. The van der Waals surface area contributed by atoms with Crippen LogP contribution in [0.3, 0.4) is 0 Å². The SMILES string of the molecule is CSC1(c2nncs2)CC1. The molecule has 1 aliphatic rings. The molecule has 0 spiro atoms. The lowest BCUT2D eigenvalue weighted by molar-refractivity contribution is 0.932. The van der Waals surface area contributed by atoms with Crippen molar-refractivity contribution in [1.29, 1.82) is 0 Å². The molecule has 1 saturated carbocycles. The minimum Gasteiger partial charge on any atom is -0.151 e. The van der Waals surface area contributed by atoms with E-state index in [2.05, 4.69) is 16.5 Å². The molecule has 0 aliphatic heterocycles. The van der Waals surface area contributed by atoms with Gasteiger partial charge in [0.25, 0.3) is 0 Å². The lowest BCUT2D eigenvalue weighted by Crippen LogP contribution is -1.98. The van der Waals surface area contributed by atoms with Crippen LogP contribution in [0, 0.1) is 0 Å². The molecule has 2 nitrogen and oxygen atoms in total. The van der Waals surface area contributed by atoms with Crippen molar-refractivity contribution in [2.75, 3.05) is 6.26 Å². The van der Waals surface area contributed by atoms with Crippen molar-refractivity contribution < 1.29 is 0 Å². The second-order valence-electron chi connectivity index (χ2n) is 2.44. The molecule has 0 unspecified atom stereocenters. The quantitative estimate of drug-likeness (QED) is 0.681. The molecular weight excluding hydrogens is 164 g/mol. The zero-order chi connectivity index (χ0) is 7.03. The van der Waals surface area contributed by atoms with Gasteiger partial charge >= 0.3 is 0 Å². The van der Waals surface area contributed by atoms with Crippen LogP contribution >= 0.6 is 23.1 Å². The summed E-state index contributed by atoms with van der Waals surface area (Å²) in [6.45, 7) is 0. The molecule has 1 aliphatic carbocycles. The van der Waals surface area contributed by atoms with Crippen LogP contribution in [0.1, 0.15) is 17.8 Å². The molecule has 4 heteroatoms. The van der Waals surface area contributed by atoms with Crippen LogP contribution in [0.5, 0.6) is 0 Å². The average molecular weight is 172 g/mol. The van der Waals surface area contributed by atoms with Crippen LogP contribution in [0.2, 0.25) is 0 Å². The van der Waals surface area contributed by atoms with Gasteiger partial charge in [-0.05, 0) is 19.1 Å². The zero-order valence-corrected chi connectivity index (χ0v) is 7.34. The number of hydrogen-bond donors (Lipinski definition) is 0. The summed E-state index contributed by atoms with van der Waals surface area (Å²) < 4.78 is 0.376. The minimum absolute atomic E-state index is 0.376. The Kier molecular flexibility index (Phi) is 1.46. The van der Waals surface area contributed by atoms with Crippen molar-refractivity contribution in [2.45, 2.75) is 17.6 Å². The second-order valence-corrected chi connectivity index (χ2v) is 4.47. The molecule has 1 heterocycles. The van der Waals surface area contributed by atoms with Gasteiger partial charge in [0.15, 0.2) is 0 Å². The molecule has 1 aromatic heterocycles. The van der Waals surface area contributed by atoms with E-state index in [9.17, 15) is 0 Å². The Morgan fingerprint density at radius 2 is 2.50 bits per heavy atom. The van der Waals surface area contributed by atoms with Gasteiger partial charge < -0.3 is 0 Å². The number of rotatable bonds is 2. The maximum absolute atomic E-state index is 4.07. The first kappa shape index (κ1) is 6.61. The Bertz CT molecular complexity index is 216. The van der Waals surface area contributed by atoms with E-state index in [4.69, 9.17) is 0 Å². The Morgan fingerprint density at radius 3 is 2.90 bits per heavy atom. The predicted octanol–water partition coefficient (Wildman–Crippen LogP) is 1.89. The Hall–Kier alpha value is -0.0900. The van der Waals surface area contributed by atoms with Gasteiger partial charge in [0.1, 0.15) is 10.5 Å². The van der Waals surface area contributed by atoms with E-state index in [0.717, 1.165) is 0 Å². The monoisotopic (exact) mass is 172 g/mol. The highest BCUT2D eigenvalue weighted by Crippen LogP contribution is 2.56. The van der Waals surface area contributed by atoms with E-state index < -0.39 is 0 Å². The van der Waals surface area contributed by atoms with E-state index >= 15 is 0 Å². The highest BCUT2D eigenvalue weighted by Gasteiger charge is 2.46. The highest BCUT2D eigenvalue weighted by molar-refractivity contribution is 7.99. The summed E-state index contributed by atoms with van der Waals surface area (Å²) in [5.41, 5.74) is 1.81. The fourth-order valence-corrected chi connectivity index (χ4v) is 2.82. The van der Waals surface area contributed by atoms with Gasteiger partial charge in [0, 0.05) is 0 Å². The molecule has 10 heavy (non-hydrogen) atoms. The fraction of sp³-hybridized carbons (Fsp3) is 0.667. The number of aromatic nitrogens is 2. The van der Waals surface area contributed by atoms with Crippen molar-refractivity contribution in [2.24, 2.45) is 0 Å². The average Bonchev–Trinajstić information content (AvgIpc) is 2.58. The molecule has 0 N–H and O–H groups in total. The maximum atomic E-state index is 4.07. The summed E-state index contributed by atoms with van der Waals surface area (Å²) in [6.07, 6.45) is 4.71. The minimum atomic E-state index is 0.376. The van der Waals surface area contributed by atoms with Crippen molar-refractivity contribution in [3.8, 4) is 0 Å². The molecule has 0 atom stereocenters. The summed E-state index contributed by atoms with van der Waals surface area (Å²) in [5, 5.41) is 9.11. The first-order valence-electron chi connectivity index (χ1n) is 3.19. The molecule has 0 radical (unpaired) electrons. The summed E-state index contributed by atoms with van der Waals surface area (Å²) >= 11 is 3.58. The smallest absolute Gasteiger partial charge is 0.133 e. The van der Waals surface area contributed by atoms with Gasteiger partial charge in [-0.2, -0.15) is 11.8 Å². The van der Waals surface area contributed by atoms with Crippen LogP contribution in [0.4, 0.5) is 0 Å². The Morgan fingerprint density at radius 1 is 1.70 bits per heavy atom. The molecule has 0 bridgehead atoms. The number of thioether (sulfide) groups is 1. The van der Waals surface area contributed by atoms with E-state index in [1.807, 2.05) is 17.3 Å². The molecule has 54 valence electrons. The van der Waals surface area contributed by atoms with Crippen LogP contribution in [0.15, 0.2) is 5.51 Å². The maximum Gasteiger partial charge on any atom is 0.133 e. The Labute approximate surface area is 68.1 Å². The van der Waals surface area contributed by atoms with Crippen molar-refractivity contribution in [3.05, 3.63) is 10.5 Å². The van der Waals surface area contributed by atoms with Crippen molar-refractivity contribution in [1.82, 2.24) is 10.2 Å². The van der Waals surface area contributed by atoms with Crippen LogP contribution in [0.25, 0.3) is 0 Å². The Balaban J connectivity index is 2.27. The van der Waals surface area contributed by atoms with Gasteiger partial charge in [0.05, 0.1) is 4.75 Å². The largest absolute Gasteiger partial charge is 0.151 e. The third kappa shape index (κ3) is 0.864. The van der Waals surface area contributed by atoms with Gasteiger partial charge in [0.2, 0.25) is 0 Å². The van der Waals surface area contributed by atoms with Crippen LogP contribution < -0.4 is 0 Å². The predicted molar refractivity (Wildman–Crippen MR) is 44.3 cm³/mol. The summed E-state index contributed by atoms with van der Waals surface area (Å²) in [6, 6.07) is 0.